The van der Waals surface area contributed by atoms with E-state index in [4.69, 9.17) is 5.11 Å². The molecule has 0 radical (unpaired) electrons. The molecule has 3 aromatic rings. The number of aryl methyl sites for hydroxylation is 3. The molecule has 0 fully saturated rings. The van der Waals surface area contributed by atoms with E-state index in [1.165, 1.54) is 17.1 Å². The summed E-state index contributed by atoms with van der Waals surface area (Å²) < 4.78 is 4.82. The molecule has 0 aromatic carbocycles. The van der Waals surface area contributed by atoms with Gasteiger partial charge in [-0.25, -0.2) is 9.36 Å². The van der Waals surface area contributed by atoms with Gasteiger partial charge in [-0.1, -0.05) is 0 Å². The molecule has 0 aliphatic rings. The molecule has 3 heterocycles. The Hall–Kier alpha value is -3.43. The number of nitrogens with zero attached hydrogens (tertiary/aromatic N) is 6. The highest BCUT2D eigenvalue weighted by Crippen LogP contribution is 2.20. The van der Waals surface area contributed by atoms with Crippen LogP contribution in [-0.4, -0.2) is 46.3 Å². The predicted molar refractivity (Wildman–Crippen MR) is 96.6 cm³/mol. The maximum Gasteiger partial charge on any atom is 0.325 e. The van der Waals surface area contributed by atoms with Crippen LogP contribution in [-0.2, 0) is 18.0 Å². The van der Waals surface area contributed by atoms with Crippen molar-refractivity contribution in [3.8, 4) is 0 Å². The van der Waals surface area contributed by atoms with Crippen molar-refractivity contribution in [1.82, 2.24) is 29.3 Å². The Morgan fingerprint density at radius 2 is 1.89 bits per heavy atom. The fourth-order valence-electron chi connectivity index (χ4n) is 2.85. The molecule has 0 atom stereocenters. The van der Waals surface area contributed by atoms with Gasteiger partial charge >= 0.3 is 5.97 Å². The van der Waals surface area contributed by atoms with Crippen molar-refractivity contribution < 1.29 is 14.7 Å². The second-order valence-corrected chi connectivity index (χ2v) is 6.39. The number of carboxylic acids is 1. The molecule has 0 bridgehead atoms. The summed E-state index contributed by atoms with van der Waals surface area (Å²) in [5, 5.41) is 24.4. The monoisotopic (exact) mass is 371 g/mol. The summed E-state index contributed by atoms with van der Waals surface area (Å²) in [6.07, 6.45) is 2.73. The van der Waals surface area contributed by atoms with Gasteiger partial charge in [0.25, 0.3) is 5.91 Å². The van der Waals surface area contributed by atoms with Crippen LogP contribution in [0.1, 0.15) is 33.1 Å². The normalized spacial score (nSPS) is 11.0. The van der Waals surface area contributed by atoms with E-state index in [1.807, 2.05) is 38.4 Å². The number of hydrogen-bond donors (Lipinski definition) is 2. The van der Waals surface area contributed by atoms with Crippen LogP contribution in [0.4, 0.5) is 5.69 Å². The van der Waals surface area contributed by atoms with Crippen molar-refractivity contribution >= 4 is 17.6 Å². The van der Waals surface area contributed by atoms with Crippen molar-refractivity contribution in [3.63, 3.8) is 0 Å². The summed E-state index contributed by atoms with van der Waals surface area (Å²) in [4.78, 5) is 23.2. The lowest BCUT2D eigenvalue weighted by Gasteiger charge is -2.08. The average Bonchev–Trinajstić information content (AvgIpc) is 3.23. The first-order valence-corrected chi connectivity index (χ1v) is 8.35. The van der Waals surface area contributed by atoms with Crippen molar-refractivity contribution in [2.24, 2.45) is 0 Å². The van der Waals surface area contributed by atoms with Crippen molar-refractivity contribution in [2.75, 3.05) is 5.32 Å². The van der Waals surface area contributed by atoms with Gasteiger partial charge < -0.3 is 10.4 Å². The van der Waals surface area contributed by atoms with Crippen LogP contribution in [0.5, 0.6) is 0 Å². The number of rotatable bonds is 6. The summed E-state index contributed by atoms with van der Waals surface area (Å²) >= 11 is 0. The Morgan fingerprint density at radius 1 is 1.15 bits per heavy atom. The lowest BCUT2D eigenvalue weighted by molar-refractivity contribution is -0.137. The first-order valence-electron chi connectivity index (χ1n) is 8.35. The standard InChI is InChI=1S/C17H21N7O3/c1-10-5-11(2)23(20-10)9-24-13(4)16(12(3)21-24)19-17(27)14-6-18-22(7-14)8-15(25)26/h5-7H,8-9H2,1-4H3,(H,19,27)(H,25,26). The third-order valence-corrected chi connectivity index (χ3v) is 4.18. The zero-order chi connectivity index (χ0) is 19.7. The molecule has 0 saturated carbocycles. The fourth-order valence-corrected chi connectivity index (χ4v) is 2.85. The maximum absolute atomic E-state index is 12.5. The molecule has 10 nitrogen and oxygen atoms in total. The van der Waals surface area contributed by atoms with Gasteiger partial charge in [0.1, 0.15) is 13.2 Å². The number of aliphatic carboxylic acids is 1. The quantitative estimate of drug-likeness (QED) is 0.675. The minimum Gasteiger partial charge on any atom is -0.480 e. The second kappa shape index (κ2) is 7.06. The number of hydrogen-bond acceptors (Lipinski definition) is 5. The SMILES string of the molecule is Cc1cc(C)n(Cn2nc(C)c(NC(=O)c3cnn(CC(=O)O)c3)c2C)n1. The van der Waals surface area contributed by atoms with Gasteiger partial charge in [0.15, 0.2) is 0 Å². The lowest BCUT2D eigenvalue weighted by atomic mass is 10.2. The van der Waals surface area contributed by atoms with E-state index < -0.39 is 5.97 Å². The lowest BCUT2D eigenvalue weighted by Crippen LogP contribution is -2.15. The van der Waals surface area contributed by atoms with Crippen LogP contribution in [0, 0.1) is 27.7 Å². The van der Waals surface area contributed by atoms with Gasteiger partial charge in [-0.2, -0.15) is 15.3 Å². The highest BCUT2D eigenvalue weighted by molar-refractivity contribution is 6.04. The van der Waals surface area contributed by atoms with E-state index in [-0.39, 0.29) is 18.0 Å². The van der Waals surface area contributed by atoms with Gasteiger partial charge in [0.05, 0.1) is 34.5 Å². The summed E-state index contributed by atoms with van der Waals surface area (Å²) in [6, 6.07) is 1.99. The van der Waals surface area contributed by atoms with Crippen molar-refractivity contribution in [2.45, 2.75) is 40.9 Å². The molecule has 1 amide bonds. The highest BCUT2D eigenvalue weighted by Gasteiger charge is 2.17. The first-order chi connectivity index (χ1) is 12.7. The average molecular weight is 371 g/mol. The summed E-state index contributed by atoms with van der Waals surface area (Å²) in [5.41, 5.74) is 4.33. The molecule has 0 aliphatic carbocycles. The van der Waals surface area contributed by atoms with Crippen LogP contribution in [0.3, 0.4) is 0 Å². The molecule has 2 N–H and O–H groups in total. The van der Waals surface area contributed by atoms with Gasteiger partial charge in [0.2, 0.25) is 0 Å². The van der Waals surface area contributed by atoms with Gasteiger partial charge in [0, 0.05) is 11.9 Å². The molecule has 27 heavy (non-hydrogen) atoms. The van der Waals surface area contributed by atoms with Gasteiger partial charge in [-0.15, -0.1) is 0 Å². The molecule has 0 aliphatic heterocycles. The number of aromatic nitrogens is 6. The van der Waals surface area contributed by atoms with E-state index in [9.17, 15) is 9.59 Å². The van der Waals surface area contributed by atoms with Crippen LogP contribution >= 0.6 is 0 Å². The van der Waals surface area contributed by atoms with Crippen LogP contribution in [0.15, 0.2) is 18.5 Å². The van der Waals surface area contributed by atoms with E-state index in [1.54, 1.807) is 4.68 Å². The molecule has 142 valence electrons. The second-order valence-electron chi connectivity index (χ2n) is 6.39. The minimum absolute atomic E-state index is 0.279. The molecule has 0 saturated heterocycles. The Bertz CT molecular complexity index is 1010. The number of nitrogens with one attached hydrogen (secondary N) is 1. The number of anilines is 1. The molecular weight excluding hydrogens is 350 g/mol. The molecule has 0 unspecified atom stereocenters. The zero-order valence-electron chi connectivity index (χ0n) is 15.6. The largest absolute Gasteiger partial charge is 0.480 e. The molecular formula is C17H21N7O3. The Morgan fingerprint density at radius 3 is 2.52 bits per heavy atom. The third kappa shape index (κ3) is 3.89. The van der Waals surface area contributed by atoms with Crippen molar-refractivity contribution in [1.29, 1.82) is 0 Å². The van der Waals surface area contributed by atoms with Gasteiger partial charge in [-0.05, 0) is 33.8 Å². The summed E-state index contributed by atoms with van der Waals surface area (Å²) in [6.45, 7) is 7.73. The smallest absolute Gasteiger partial charge is 0.325 e. The minimum atomic E-state index is -1.03. The Labute approximate surface area is 155 Å². The summed E-state index contributed by atoms with van der Waals surface area (Å²) in [7, 11) is 0. The molecule has 3 aromatic heterocycles. The van der Waals surface area contributed by atoms with E-state index in [0.717, 1.165) is 17.1 Å². The topological polar surface area (TPSA) is 120 Å². The van der Waals surface area contributed by atoms with E-state index >= 15 is 0 Å². The van der Waals surface area contributed by atoms with Crippen LogP contribution in [0.25, 0.3) is 0 Å². The highest BCUT2D eigenvalue weighted by atomic mass is 16.4. The van der Waals surface area contributed by atoms with Crippen LogP contribution < -0.4 is 5.32 Å². The number of carbonyl (C=O) groups excluding carboxylic acids is 1. The van der Waals surface area contributed by atoms with E-state index in [0.29, 0.717) is 18.1 Å². The van der Waals surface area contributed by atoms with E-state index in [2.05, 4.69) is 20.6 Å². The van der Waals surface area contributed by atoms with Crippen molar-refractivity contribution in [3.05, 3.63) is 46.8 Å². The fraction of sp³-hybridized carbons (Fsp3) is 0.353. The predicted octanol–water partition coefficient (Wildman–Crippen LogP) is 1.35. The maximum atomic E-state index is 12.5. The third-order valence-electron chi connectivity index (χ3n) is 4.18. The first kappa shape index (κ1) is 18.4. The zero-order valence-corrected chi connectivity index (χ0v) is 15.6. The Kier molecular flexibility index (Phi) is 4.80. The van der Waals surface area contributed by atoms with Gasteiger partial charge in [-0.3, -0.25) is 14.3 Å². The number of carboxylic acid groups (broad SMARTS) is 1. The molecule has 0 spiro atoms. The number of amides is 1. The summed E-state index contributed by atoms with van der Waals surface area (Å²) in [5.74, 6) is -1.40. The van der Waals surface area contributed by atoms with Crippen LogP contribution in [0.2, 0.25) is 0 Å². The molecule has 10 heteroatoms. The Balaban J connectivity index is 1.78. The number of carbonyl (C=O) groups is 2. The molecule has 3 rings (SSSR count).